The number of nitrogens with one attached hydrogen (secondary N) is 2. The van der Waals surface area contributed by atoms with Crippen molar-refractivity contribution in [1.82, 2.24) is 24.7 Å². The first-order valence-electron chi connectivity index (χ1n) is 9.70. The van der Waals surface area contributed by atoms with Gasteiger partial charge >= 0.3 is 5.69 Å². The number of benzene rings is 1. The fourth-order valence-corrected chi connectivity index (χ4v) is 3.78. The third kappa shape index (κ3) is 4.11. The van der Waals surface area contributed by atoms with Gasteiger partial charge in [-0.25, -0.2) is 4.79 Å². The lowest BCUT2D eigenvalue weighted by Gasteiger charge is -2.35. The van der Waals surface area contributed by atoms with E-state index in [9.17, 15) is 14.4 Å². The summed E-state index contributed by atoms with van der Waals surface area (Å²) in [5.74, 6) is 0.196. The minimum Gasteiger partial charge on any atom is -0.353 e. The van der Waals surface area contributed by atoms with Crippen LogP contribution in [-0.2, 0) is 30.2 Å². The molecule has 0 spiro atoms. The van der Waals surface area contributed by atoms with Crippen LogP contribution in [0, 0.1) is 5.92 Å². The molecule has 28 heavy (non-hydrogen) atoms. The number of amides is 2. The van der Waals surface area contributed by atoms with E-state index in [0.717, 1.165) is 29.7 Å². The van der Waals surface area contributed by atoms with Gasteiger partial charge in [0.15, 0.2) is 0 Å². The Balaban J connectivity index is 1.65. The van der Waals surface area contributed by atoms with Crippen molar-refractivity contribution in [2.45, 2.75) is 32.9 Å². The van der Waals surface area contributed by atoms with E-state index in [1.165, 1.54) is 0 Å². The van der Waals surface area contributed by atoms with Gasteiger partial charge in [-0.2, -0.15) is 0 Å². The number of carbonyl (C=O) groups is 2. The number of nitrogens with zero attached hydrogens (tertiary/aromatic N) is 3. The molecule has 2 heterocycles. The highest BCUT2D eigenvalue weighted by molar-refractivity contribution is 5.88. The number of carbonyl (C=O) groups excluding carboxylic acids is 2. The van der Waals surface area contributed by atoms with Gasteiger partial charge in [0.05, 0.1) is 23.5 Å². The van der Waals surface area contributed by atoms with Crippen LogP contribution in [0.1, 0.15) is 25.8 Å². The van der Waals surface area contributed by atoms with E-state index < -0.39 is 6.04 Å². The Bertz CT molecular complexity index is 943. The number of hydrogen-bond acceptors (Lipinski definition) is 4. The largest absolute Gasteiger partial charge is 0.353 e. The lowest BCUT2D eigenvalue weighted by atomic mass is 10.1. The number of rotatable bonds is 6. The summed E-state index contributed by atoms with van der Waals surface area (Å²) in [6.07, 6.45) is 0.143. The summed E-state index contributed by atoms with van der Waals surface area (Å²) in [5, 5.41) is 5.76. The summed E-state index contributed by atoms with van der Waals surface area (Å²) in [7, 11) is 3.47. The van der Waals surface area contributed by atoms with Crippen molar-refractivity contribution < 1.29 is 9.59 Å². The van der Waals surface area contributed by atoms with E-state index in [1.807, 2.05) is 18.2 Å². The second-order valence-corrected chi connectivity index (χ2v) is 7.90. The van der Waals surface area contributed by atoms with Gasteiger partial charge in [0.1, 0.15) is 0 Å². The maximum absolute atomic E-state index is 12.5. The molecule has 0 aliphatic carbocycles. The summed E-state index contributed by atoms with van der Waals surface area (Å²) < 4.78 is 3.19. The molecule has 0 bridgehead atoms. The van der Waals surface area contributed by atoms with Gasteiger partial charge in [0.25, 0.3) is 0 Å². The van der Waals surface area contributed by atoms with Gasteiger partial charge in [0, 0.05) is 40.3 Å². The van der Waals surface area contributed by atoms with Crippen molar-refractivity contribution in [1.29, 1.82) is 0 Å². The van der Waals surface area contributed by atoms with Crippen LogP contribution in [0.2, 0.25) is 0 Å². The van der Waals surface area contributed by atoms with Crippen LogP contribution in [0.5, 0.6) is 0 Å². The quantitative estimate of drug-likeness (QED) is 0.748. The van der Waals surface area contributed by atoms with E-state index in [0.29, 0.717) is 19.0 Å². The van der Waals surface area contributed by atoms with Crippen LogP contribution in [-0.4, -0.2) is 51.5 Å². The molecule has 0 saturated carbocycles. The zero-order valence-corrected chi connectivity index (χ0v) is 17.0. The number of aromatic nitrogens is 2. The molecule has 1 fully saturated rings. The van der Waals surface area contributed by atoms with Crippen molar-refractivity contribution in [2.24, 2.45) is 20.0 Å². The highest BCUT2D eigenvalue weighted by Crippen LogP contribution is 2.15. The number of imidazole rings is 1. The molecule has 1 saturated heterocycles. The minimum atomic E-state index is -0.423. The molecule has 1 aliphatic rings. The smallest absolute Gasteiger partial charge is 0.328 e. The van der Waals surface area contributed by atoms with E-state index >= 15 is 0 Å². The van der Waals surface area contributed by atoms with Crippen molar-refractivity contribution in [2.75, 3.05) is 19.6 Å². The Morgan fingerprint density at radius 2 is 1.93 bits per heavy atom. The molecule has 0 unspecified atom stereocenters. The first-order valence-corrected chi connectivity index (χ1v) is 9.70. The minimum absolute atomic E-state index is 0.0789. The maximum atomic E-state index is 12.5. The second kappa shape index (κ2) is 8.18. The monoisotopic (exact) mass is 387 g/mol. The van der Waals surface area contributed by atoms with Crippen molar-refractivity contribution in [3.63, 3.8) is 0 Å². The fourth-order valence-electron chi connectivity index (χ4n) is 3.78. The Kier molecular flexibility index (Phi) is 5.88. The third-order valence-electron chi connectivity index (χ3n) is 5.25. The van der Waals surface area contributed by atoms with E-state index in [1.54, 1.807) is 23.2 Å². The molecule has 0 radical (unpaired) electrons. The van der Waals surface area contributed by atoms with Crippen LogP contribution < -0.4 is 16.3 Å². The third-order valence-corrected chi connectivity index (χ3v) is 5.25. The summed E-state index contributed by atoms with van der Waals surface area (Å²) in [6.45, 7) is 6.76. The molecule has 2 N–H and O–H groups in total. The average molecular weight is 387 g/mol. The van der Waals surface area contributed by atoms with Gasteiger partial charge in [-0.15, -0.1) is 0 Å². The van der Waals surface area contributed by atoms with Crippen LogP contribution in [0.3, 0.4) is 0 Å². The first-order chi connectivity index (χ1) is 13.3. The number of hydrogen-bond donors (Lipinski definition) is 2. The lowest BCUT2D eigenvalue weighted by Crippen LogP contribution is -2.57. The topological polar surface area (TPSA) is 88.4 Å². The predicted octanol–water partition coefficient (Wildman–Crippen LogP) is 0.340. The molecule has 8 heteroatoms. The number of fused-ring (bicyclic) bond motifs is 1. The van der Waals surface area contributed by atoms with Gasteiger partial charge in [0.2, 0.25) is 11.8 Å². The van der Waals surface area contributed by atoms with E-state index in [-0.39, 0.29) is 23.9 Å². The predicted molar refractivity (Wildman–Crippen MR) is 108 cm³/mol. The second-order valence-electron chi connectivity index (χ2n) is 7.90. The molecule has 3 rings (SSSR count). The Morgan fingerprint density at radius 3 is 2.64 bits per heavy atom. The maximum Gasteiger partial charge on any atom is 0.328 e. The molecule has 1 aromatic heterocycles. The fraction of sp³-hybridized carbons (Fsp3) is 0.550. The molecule has 1 atom stereocenters. The highest BCUT2D eigenvalue weighted by atomic mass is 16.2. The average Bonchev–Trinajstić information content (AvgIpc) is 2.86. The molecule has 1 aromatic carbocycles. The first kappa shape index (κ1) is 20.1. The Hall–Kier alpha value is -2.61. The van der Waals surface area contributed by atoms with Gasteiger partial charge in [-0.3, -0.25) is 23.6 Å². The summed E-state index contributed by atoms with van der Waals surface area (Å²) in [4.78, 5) is 38.9. The number of aryl methyl sites for hydroxylation is 2. The van der Waals surface area contributed by atoms with E-state index in [4.69, 9.17) is 0 Å². The number of piperazine rings is 1. The van der Waals surface area contributed by atoms with Crippen LogP contribution >= 0.6 is 0 Å². The summed E-state index contributed by atoms with van der Waals surface area (Å²) >= 11 is 0. The van der Waals surface area contributed by atoms with Gasteiger partial charge in [-0.05, 0) is 23.6 Å². The molecule has 2 aromatic rings. The summed E-state index contributed by atoms with van der Waals surface area (Å²) in [6, 6.07) is 5.28. The summed E-state index contributed by atoms with van der Waals surface area (Å²) in [5.41, 5.74) is 2.51. The molecular formula is C20H29N5O3. The molecule has 1 aliphatic heterocycles. The van der Waals surface area contributed by atoms with Crippen LogP contribution in [0.15, 0.2) is 23.0 Å². The highest BCUT2D eigenvalue weighted by Gasteiger charge is 2.31. The van der Waals surface area contributed by atoms with Crippen molar-refractivity contribution >= 4 is 22.8 Å². The molecule has 152 valence electrons. The van der Waals surface area contributed by atoms with Crippen LogP contribution in [0.25, 0.3) is 11.0 Å². The van der Waals surface area contributed by atoms with Crippen molar-refractivity contribution in [3.05, 3.63) is 34.2 Å². The van der Waals surface area contributed by atoms with Crippen LogP contribution in [0.4, 0.5) is 0 Å². The van der Waals surface area contributed by atoms with Crippen molar-refractivity contribution in [3.8, 4) is 0 Å². The Labute approximate surface area is 164 Å². The lowest BCUT2D eigenvalue weighted by molar-refractivity contribution is -0.134. The normalized spacial score (nSPS) is 17.9. The molecule has 8 nitrogen and oxygen atoms in total. The standard InChI is InChI=1S/C20H29N5O3/c1-13(2)12-25-8-7-21-19(27)17(25)10-18(26)22-11-14-5-6-15-16(9-14)24(4)20(28)23(15)3/h5-6,9,13,17H,7-8,10-12H2,1-4H3,(H,21,27)(H,22,26)/t17-/m0/s1. The zero-order valence-electron chi connectivity index (χ0n) is 17.0. The van der Waals surface area contributed by atoms with Gasteiger partial charge in [-0.1, -0.05) is 19.9 Å². The van der Waals surface area contributed by atoms with E-state index in [2.05, 4.69) is 29.4 Å². The SMILES string of the molecule is CC(C)CN1CCNC(=O)[C@@H]1CC(=O)NCc1ccc2c(c1)n(C)c(=O)n2C. The molecule has 2 amide bonds. The molecular weight excluding hydrogens is 358 g/mol. The Morgan fingerprint density at radius 1 is 1.21 bits per heavy atom. The zero-order chi connectivity index (χ0) is 20.4. The van der Waals surface area contributed by atoms with Gasteiger partial charge < -0.3 is 10.6 Å².